The van der Waals surface area contributed by atoms with Crippen LogP contribution in [0.4, 0.5) is 0 Å². The average molecular weight is 1160 g/mol. The highest BCUT2D eigenvalue weighted by molar-refractivity contribution is 5.76. The number of hydrogen-bond acceptors (Lipinski definition) is 8. The van der Waals surface area contributed by atoms with Crippen molar-refractivity contribution in [3.63, 3.8) is 0 Å². The molecule has 0 aromatic carbocycles. The van der Waals surface area contributed by atoms with Gasteiger partial charge in [-0.1, -0.05) is 330 Å². The predicted molar refractivity (Wildman–Crippen MR) is 355 cm³/mol. The molecule has 0 spiro atoms. The van der Waals surface area contributed by atoms with E-state index >= 15 is 0 Å². The van der Waals surface area contributed by atoms with Gasteiger partial charge in [-0.3, -0.25) is 4.79 Å². The van der Waals surface area contributed by atoms with Gasteiger partial charge in [0.15, 0.2) is 6.29 Å². The Labute approximate surface area is 511 Å². The summed E-state index contributed by atoms with van der Waals surface area (Å²) < 4.78 is 11.4. The van der Waals surface area contributed by atoms with Gasteiger partial charge in [0.05, 0.1) is 25.4 Å². The Balaban J connectivity index is 2.14. The summed E-state index contributed by atoms with van der Waals surface area (Å²) >= 11 is 0. The van der Waals surface area contributed by atoms with Gasteiger partial charge in [0.25, 0.3) is 0 Å². The summed E-state index contributed by atoms with van der Waals surface area (Å²) in [6.07, 6.45) is 82.2. The second-order valence-corrected chi connectivity index (χ2v) is 24.3. The van der Waals surface area contributed by atoms with Gasteiger partial charge >= 0.3 is 0 Å². The summed E-state index contributed by atoms with van der Waals surface area (Å²) in [6, 6.07) is -0.738. The minimum Gasteiger partial charge on any atom is -0.394 e. The van der Waals surface area contributed by atoms with Crippen LogP contribution in [-0.4, -0.2) is 87.5 Å². The zero-order valence-corrected chi connectivity index (χ0v) is 53.9. The predicted octanol–water partition coefficient (Wildman–Crippen LogP) is 19.3. The third kappa shape index (κ3) is 51.2. The largest absolute Gasteiger partial charge is 0.394 e. The minimum absolute atomic E-state index is 0.150. The van der Waals surface area contributed by atoms with Crippen molar-refractivity contribution in [3.8, 4) is 0 Å². The number of hydrogen-bond donors (Lipinski definition) is 6. The van der Waals surface area contributed by atoms with E-state index in [4.69, 9.17) is 9.47 Å². The lowest BCUT2D eigenvalue weighted by Crippen LogP contribution is -2.60. The Bertz CT molecular complexity index is 1590. The molecule has 7 atom stereocenters. The molecule has 1 amide bonds. The monoisotopic (exact) mass is 1160 g/mol. The van der Waals surface area contributed by atoms with Crippen molar-refractivity contribution in [1.82, 2.24) is 5.32 Å². The molecule has 0 aromatic heterocycles. The molecule has 9 nitrogen and oxygen atoms in total. The van der Waals surface area contributed by atoms with E-state index in [1.54, 1.807) is 0 Å². The molecule has 9 heteroatoms. The normalized spacial score (nSPS) is 18.8. The maximum Gasteiger partial charge on any atom is 0.220 e. The van der Waals surface area contributed by atoms with Crippen LogP contribution in [0.3, 0.4) is 0 Å². The quantitative estimate of drug-likeness (QED) is 0.0261. The summed E-state index contributed by atoms with van der Waals surface area (Å²) in [4.78, 5) is 13.1. The van der Waals surface area contributed by atoms with Gasteiger partial charge in [0.1, 0.15) is 24.4 Å². The molecular formula is C74H133NO8. The molecule has 1 fully saturated rings. The molecule has 1 aliphatic rings. The molecule has 1 saturated heterocycles. The molecule has 0 aliphatic carbocycles. The minimum atomic E-state index is -1.56. The molecule has 0 aromatic rings. The van der Waals surface area contributed by atoms with Crippen molar-refractivity contribution < 1.29 is 39.8 Å². The van der Waals surface area contributed by atoms with Crippen molar-refractivity contribution in [3.05, 3.63) is 85.1 Å². The van der Waals surface area contributed by atoms with E-state index in [0.29, 0.717) is 12.8 Å². The number of allylic oxidation sites excluding steroid dienone is 14. The van der Waals surface area contributed by atoms with E-state index in [2.05, 4.69) is 104 Å². The number of aliphatic hydroxyl groups is 5. The fourth-order valence-corrected chi connectivity index (χ4v) is 11.0. The Morgan fingerprint density at radius 2 is 0.747 bits per heavy atom. The first-order chi connectivity index (χ1) is 40.8. The Hall–Kier alpha value is -2.63. The first-order valence-corrected chi connectivity index (χ1v) is 35.3. The lowest BCUT2D eigenvalue weighted by molar-refractivity contribution is -0.302. The summed E-state index contributed by atoms with van der Waals surface area (Å²) in [6.45, 7) is 3.75. The van der Waals surface area contributed by atoms with E-state index < -0.39 is 49.5 Å². The molecule has 1 aliphatic heterocycles. The van der Waals surface area contributed by atoms with Crippen LogP contribution in [0, 0.1) is 0 Å². The SMILES string of the molecule is CC/C=C\C/C=C\C/C=C\C/C=C\C/C=C\C/C=C\C/C=C\CCCCCCCC(=O)NC(COC1OC(CO)C(O)C(O)C1O)C(O)CCCCCCCCCCCCCCCCCCCCCCCCCCCCCCCCCCC. The van der Waals surface area contributed by atoms with Crippen molar-refractivity contribution in [2.75, 3.05) is 13.2 Å². The maximum absolute atomic E-state index is 13.1. The molecule has 0 saturated carbocycles. The molecular weight excluding hydrogens is 1030 g/mol. The third-order valence-electron chi connectivity index (χ3n) is 16.5. The fraction of sp³-hybridized carbons (Fsp3) is 0.797. The van der Waals surface area contributed by atoms with Crippen LogP contribution in [0.5, 0.6) is 0 Å². The standard InChI is InChI=1S/C74H133NO8/c1-3-5-7-9-11-13-15-17-19-21-23-25-27-29-31-32-33-34-35-36-38-39-41-43-45-47-49-51-53-55-57-59-61-63-68(77)67(66-82-74-73(81)72(80)71(79)69(65-76)83-74)75-70(78)64-62-60-58-56-54-52-50-48-46-44-42-40-37-30-28-26-24-22-20-18-16-14-12-10-8-6-4-2/h6,8,12,14,18,20,24,26,30,37,42,44,48,50,67-69,71-74,76-77,79-81H,3-5,7,9-11,13,15-17,19,21-23,25,27-29,31-36,38-41,43,45-47,49,51-66H2,1-2H3,(H,75,78)/b8-6-,14-12-,20-18-,26-24-,37-30-,44-42-,50-48-. The number of nitrogens with one attached hydrogen (secondary N) is 1. The summed E-state index contributed by atoms with van der Waals surface area (Å²) in [5.74, 6) is -0.162. The topological polar surface area (TPSA) is 149 Å². The van der Waals surface area contributed by atoms with Crippen LogP contribution < -0.4 is 5.32 Å². The number of carbonyl (C=O) groups excluding carboxylic acids is 1. The van der Waals surface area contributed by atoms with Crippen LogP contribution >= 0.6 is 0 Å². The molecule has 83 heavy (non-hydrogen) atoms. The van der Waals surface area contributed by atoms with Crippen molar-refractivity contribution in [1.29, 1.82) is 0 Å². The second kappa shape index (κ2) is 62.4. The van der Waals surface area contributed by atoms with Crippen molar-refractivity contribution in [2.45, 2.75) is 365 Å². The molecule has 6 N–H and O–H groups in total. The van der Waals surface area contributed by atoms with Gasteiger partial charge < -0.3 is 40.3 Å². The molecule has 7 unspecified atom stereocenters. The van der Waals surface area contributed by atoms with Crippen molar-refractivity contribution in [2.24, 2.45) is 0 Å². The number of unbranched alkanes of at least 4 members (excludes halogenated alkanes) is 37. The van der Waals surface area contributed by atoms with Crippen LogP contribution in [-0.2, 0) is 14.3 Å². The Morgan fingerprint density at radius 3 is 1.11 bits per heavy atom. The van der Waals surface area contributed by atoms with Gasteiger partial charge in [-0.15, -0.1) is 0 Å². The zero-order chi connectivity index (χ0) is 60.0. The van der Waals surface area contributed by atoms with Gasteiger partial charge in [0, 0.05) is 6.42 Å². The maximum atomic E-state index is 13.1. The Kier molecular flexibility index (Phi) is 59.0. The number of rotatable bonds is 61. The van der Waals surface area contributed by atoms with Crippen LogP contribution in [0.2, 0.25) is 0 Å². The highest BCUT2D eigenvalue weighted by Gasteiger charge is 2.44. The fourth-order valence-electron chi connectivity index (χ4n) is 11.0. The van der Waals surface area contributed by atoms with Gasteiger partial charge in [0.2, 0.25) is 5.91 Å². The zero-order valence-electron chi connectivity index (χ0n) is 53.9. The lowest BCUT2D eigenvalue weighted by atomic mass is 9.99. The summed E-state index contributed by atoms with van der Waals surface area (Å²) in [5, 5.41) is 54.9. The van der Waals surface area contributed by atoms with E-state index in [0.717, 1.165) is 103 Å². The molecule has 482 valence electrons. The molecule has 0 radical (unpaired) electrons. The number of carbonyl (C=O) groups is 1. The highest BCUT2D eigenvalue weighted by Crippen LogP contribution is 2.24. The smallest absolute Gasteiger partial charge is 0.220 e. The molecule has 1 heterocycles. The Morgan fingerprint density at radius 1 is 0.422 bits per heavy atom. The van der Waals surface area contributed by atoms with E-state index in [1.165, 1.54) is 193 Å². The van der Waals surface area contributed by atoms with Crippen LogP contribution in [0.15, 0.2) is 85.1 Å². The number of ether oxygens (including phenoxy) is 2. The van der Waals surface area contributed by atoms with Gasteiger partial charge in [-0.25, -0.2) is 0 Å². The van der Waals surface area contributed by atoms with E-state index in [1.807, 2.05) is 0 Å². The number of aliphatic hydroxyl groups excluding tert-OH is 5. The summed E-state index contributed by atoms with van der Waals surface area (Å²) in [5.41, 5.74) is 0. The van der Waals surface area contributed by atoms with Gasteiger partial charge in [-0.05, 0) is 70.6 Å². The van der Waals surface area contributed by atoms with Crippen molar-refractivity contribution >= 4 is 5.91 Å². The lowest BCUT2D eigenvalue weighted by Gasteiger charge is -2.40. The molecule has 1 rings (SSSR count). The van der Waals surface area contributed by atoms with E-state index in [-0.39, 0.29) is 12.5 Å². The van der Waals surface area contributed by atoms with E-state index in [9.17, 15) is 30.3 Å². The van der Waals surface area contributed by atoms with Crippen LogP contribution in [0.1, 0.15) is 322 Å². The second-order valence-electron chi connectivity index (χ2n) is 24.3. The summed E-state index contributed by atoms with van der Waals surface area (Å²) in [7, 11) is 0. The first kappa shape index (κ1) is 78.4. The third-order valence-corrected chi connectivity index (χ3v) is 16.5. The van der Waals surface area contributed by atoms with Gasteiger partial charge in [-0.2, -0.15) is 0 Å². The first-order valence-electron chi connectivity index (χ1n) is 35.3. The average Bonchev–Trinajstić information content (AvgIpc) is 3.60. The highest BCUT2D eigenvalue weighted by atomic mass is 16.7. The van der Waals surface area contributed by atoms with Crippen LogP contribution in [0.25, 0.3) is 0 Å². The number of amides is 1. The molecule has 0 bridgehead atoms.